The molecule has 0 saturated heterocycles. The van der Waals surface area contributed by atoms with Gasteiger partial charge in [-0.1, -0.05) is 36.9 Å². The highest BCUT2D eigenvalue weighted by Gasteiger charge is 2.37. The third-order valence-corrected chi connectivity index (χ3v) is 6.78. The zero-order valence-electron chi connectivity index (χ0n) is 18.9. The van der Waals surface area contributed by atoms with Gasteiger partial charge in [-0.15, -0.1) is 10.2 Å². The molecule has 0 spiro atoms. The number of carbonyl (C=O) groups excluding carboxylic acids is 1. The number of aromatic nitrogens is 3. The molecule has 0 bridgehead atoms. The van der Waals surface area contributed by atoms with Gasteiger partial charge in [-0.05, 0) is 68.1 Å². The molecule has 7 nitrogen and oxygen atoms in total. The highest BCUT2D eigenvalue weighted by molar-refractivity contribution is 8.00. The van der Waals surface area contributed by atoms with E-state index in [1.165, 1.54) is 17.3 Å². The van der Waals surface area contributed by atoms with Crippen LogP contribution in [0.4, 0.5) is 5.69 Å². The number of rotatable bonds is 7. The number of nitrogens with one attached hydrogen (secondary N) is 2. The van der Waals surface area contributed by atoms with Gasteiger partial charge in [-0.3, -0.25) is 4.79 Å². The van der Waals surface area contributed by atoms with Crippen LogP contribution in [0.1, 0.15) is 48.8 Å². The number of ether oxygens (including phenoxy) is 1. The van der Waals surface area contributed by atoms with Crippen LogP contribution in [0.15, 0.2) is 47.6 Å². The molecule has 2 atom stereocenters. The van der Waals surface area contributed by atoms with Crippen molar-refractivity contribution in [2.45, 2.75) is 57.0 Å². The normalized spacial score (nSPS) is 17.4. The third-order valence-electron chi connectivity index (χ3n) is 5.56. The second-order valence-corrected chi connectivity index (χ2v) is 9.03. The molecule has 0 unspecified atom stereocenters. The van der Waals surface area contributed by atoms with Crippen LogP contribution < -0.4 is 15.5 Å². The Hall–Kier alpha value is -3.00. The minimum Gasteiger partial charge on any atom is -0.494 e. The van der Waals surface area contributed by atoms with Crippen molar-refractivity contribution in [2.75, 3.05) is 17.3 Å². The predicted molar refractivity (Wildman–Crippen MR) is 128 cm³/mol. The zero-order valence-corrected chi connectivity index (χ0v) is 19.7. The first-order valence-electron chi connectivity index (χ1n) is 11.0. The standard InChI is InChI=1S/C24H29N5O2S/c1-5-7-20-26-27-24-29(20)28-21(17-9-12-19(13-10-17)31-6-2)22(32-24)23(30)25-18-11-8-15(3)16(4)14-18/h8-14,21-22,28H,5-7H2,1-4H3,(H,25,30)/t21-,22-/m1/s1. The molecular formula is C24H29N5O2S. The smallest absolute Gasteiger partial charge is 0.240 e. The number of hydrogen-bond donors (Lipinski definition) is 2. The molecule has 168 valence electrons. The Balaban J connectivity index is 1.64. The summed E-state index contributed by atoms with van der Waals surface area (Å²) in [5, 5.41) is 12.0. The van der Waals surface area contributed by atoms with Gasteiger partial charge in [0.05, 0.1) is 12.6 Å². The lowest BCUT2D eigenvalue weighted by Crippen LogP contribution is -2.41. The lowest BCUT2D eigenvalue weighted by atomic mass is 10.0. The number of amides is 1. The largest absolute Gasteiger partial charge is 0.494 e. The molecule has 1 aliphatic rings. The molecule has 0 fully saturated rings. The van der Waals surface area contributed by atoms with Gasteiger partial charge in [0.1, 0.15) is 11.0 Å². The molecule has 1 aromatic heterocycles. The number of nitrogens with zero attached hydrogens (tertiary/aromatic N) is 3. The molecule has 32 heavy (non-hydrogen) atoms. The van der Waals surface area contributed by atoms with Gasteiger partial charge < -0.3 is 15.5 Å². The molecule has 3 aromatic rings. The summed E-state index contributed by atoms with van der Waals surface area (Å²) in [4.78, 5) is 13.4. The topological polar surface area (TPSA) is 81.1 Å². The van der Waals surface area contributed by atoms with Crippen LogP contribution >= 0.6 is 11.8 Å². The van der Waals surface area contributed by atoms with Gasteiger partial charge in [-0.25, -0.2) is 4.68 Å². The first-order valence-corrected chi connectivity index (χ1v) is 11.9. The second kappa shape index (κ2) is 9.65. The summed E-state index contributed by atoms with van der Waals surface area (Å²) in [5.41, 5.74) is 7.64. The molecule has 1 amide bonds. The van der Waals surface area contributed by atoms with Gasteiger partial charge >= 0.3 is 0 Å². The summed E-state index contributed by atoms with van der Waals surface area (Å²) in [7, 11) is 0. The number of anilines is 1. The van der Waals surface area contributed by atoms with Crippen LogP contribution in [0.5, 0.6) is 5.75 Å². The van der Waals surface area contributed by atoms with Crippen LogP contribution in [0.3, 0.4) is 0 Å². The van der Waals surface area contributed by atoms with Gasteiger partial charge in [-0.2, -0.15) is 0 Å². The molecule has 8 heteroatoms. The van der Waals surface area contributed by atoms with Gasteiger partial charge in [0.25, 0.3) is 0 Å². The van der Waals surface area contributed by atoms with Crippen molar-refractivity contribution in [2.24, 2.45) is 0 Å². The van der Waals surface area contributed by atoms with E-state index in [4.69, 9.17) is 4.74 Å². The first kappa shape index (κ1) is 22.2. The van der Waals surface area contributed by atoms with Crippen LogP contribution in [-0.4, -0.2) is 32.6 Å². The van der Waals surface area contributed by atoms with E-state index in [9.17, 15) is 4.79 Å². The molecule has 2 heterocycles. The molecule has 1 aliphatic heterocycles. The van der Waals surface area contributed by atoms with Crippen LogP contribution in [0.25, 0.3) is 0 Å². The zero-order chi connectivity index (χ0) is 22.7. The Kier molecular flexibility index (Phi) is 6.69. The fourth-order valence-corrected chi connectivity index (χ4v) is 4.80. The maximum Gasteiger partial charge on any atom is 0.240 e. The van der Waals surface area contributed by atoms with E-state index in [-0.39, 0.29) is 11.9 Å². The minimum absolute atomic E-state index is 0.0732. The lowest BCUT2D eigenvalue weighted by molar-refractivity contribution is -0.116. The average molecular weight is 452 g/mol. The summed E-state index contributed by atoms with van der Waals surface area (Å²) in [6.45, 7) is 8.79. The van der Waals surface area contributed by atoms with E-state index in [2.05, 4.69) is 34.8 Å². The van der Waals surface area contributed by atoms with Crippen molar-refractivity contribution in [3.8, 4) is 5.75 Å². The minimum atomic E-state index is -0.416. The number of benzene rings is 2. The summed E-state index contributed by atoms with van der Waals surface area (Å²) >= 11 is 1.44. The Morgan fingerprint density at radius 1 is 1.12 bits per heavy atom. The van der Waals surface area contributed by atoms with Crippen molar-refractivity contribution in [3.63, 3.8) is 0 Å². The second-order valence-electron chi connectivity index (χ2n) is 7.92. The van der Waals surface area contributed by atoms with Gasteiger partial charge in [0.15, 0.2) is 5.82 Å². The van der Waals surface area contributed by atoms with Crippen molar-refractivity contribution >= 4 is 23.4 Å². The molecule has 2 aromatic carbocycles. The van der Waals surface area contributed by atoms with Crippen LogP contribution in [0, 0.1) is 13.8 Å². The average Bonchev–Trinajstić information content (AvgIpc) is 3.18. The van der Waals surface area contributed by atoms with E-state index in [1.54, 1.807) is 0 Å². The molecule has 0 aliphatic carbocycles. The van der Waals surface area contributed by atoms with Crippen molar-refractivity contribution in [1.82, 2.24) is 14.9 Å². The summed E-state index contributed by atoms with van der Waals surface area (Å²) in [6.07, 6.45) is 1.78. The molecule has 2 N–H and O–H groups in total. The van der Waals surface area contributed by atoms with Gasteiger partial charge in [0.2, 0.25) is 11.1 Å². The van der Waals surface area contributed by atoms with Crippen LogP contribution in [-0.2, 0) is 11.2 Å². The Morgan fingerprint density at radius 2 is 1.91 bits per heavy atom. The van der Waals surface area contributed by atoms with E-state index >= 15 is 0 Å². The summed E-state index contributed by atoms with van der Waals surface area (Å²) in [6, 6.07) is 13.6. The number of aryl methyl sites for hydroxylation is 3. The quantitative estimate of drug-likeness (QED) is 0.545. The fourth-order valence-electron chi connectivity index (χ4n) is 3.70. The summed E-state index contributed by atoms with van der Waals surface area (Å²) < 4.78 is 7.51. The number of thioether (sulfide) groups is 1. The third kappa shape index (κ3) is 4.60. The van der Waals surface area contributed by atoms with Crippen molar-refractivity contribution in [3.05, 3.63) is 65.0 Å². The maximum absolute atomic E-state index is 13.4. The highest BCUT2D eigenvalue weighted by atomic mass is 32.2. The molecular weight excluding hydrogens is 422 g/mol. The van der Waals surface area contributed by atoms with E-state index in [0.717, 1.165) is 41.2 Å². The Bertz CT molecular complexity index is 1100. The number of carbonyl (C=O) groups is 1. The van der Waals surface area contributed by atoms with E-state index in [1.807, 2.05) is 61.0 Å². The number of hydrogen-bond acceptors (Lipinski definition) is 6. The summed E-state index contributed by atoms with van der Waals surface area (Å²) in [5.74, 6) is 1.61. The van der Waals surface area contributed by atoms with E-state index < -0.39 is 5.25 Å². The molecule has 0 radical (unpaired) electrons. The fraction of sp³-hybridized carbons (Fsp3) is 0.375. The Morgan fingerprint density at radius 3 is 2.59 bits per heavy atom. The Labute approximate surface area is 192 Å². The number of fused-ring (bicyclic) bond motifs is 1. The van der Waals surface area contributed by atoms with Crippen molar-refractivity contribution < 1.29 is 9.53 Å². The van der Waals surface area contributed by atoms with E-state index in [0.29, 0.717) is 11.8 Å². The maximum atomic E-state index is 13.4. The van der Waals surface area contributed by atoms with Gasteiger partial charge in [0, 0.05) is 12.1 Å². The lowest BCUT2D eigenvalue weighted by Gasteiger charge is -2.33. The SMILES string of the molecule is CCCc1nnc2n1N[C@H](c1ccc(OCC)cc1)[C@H](C(=O)Nc1ccc(C)c(C)c1)S2. The molecule has 4 rings (SSSR count). The predicted octanol–water partition coefficient (Wildman–Crippen LogP) is 4.64. The van der Waals surface area contributed by atoms with Crippen LogP contribution in [0.2, 0.25) is 0 Å². The molecule has 0 saturated carbocycles. The van der Waals surface area contributed by atoms with Crippen molar-refractivity contribution in [1.29, 1.82) is 0 Å². The first-order chi connectivity index (χ1) is 15.5. The monoisotopic (exact) mass is 451 g/mol. The highest BCUT2D eigenvalue weighted by Crippen LogP contribution is 2.38.